The summed E-state index contributed by atoms with van der Waals surface area (Å²) in [5.41, 5.74) is 3.38. The van der Waals surface area contributed by atoms with Gasteiger partial charge in [-0.3, -0.25) is 9.67 Å². The molecule has 0 atom stereocenters. The first-order valence-electron chi connectivity index (χ1n) is 7.24. The van der Waals surface area contributed by atoms with Crippen molar-refractivity contribution in [2.45, 2.75) is 33.7 Å². The van der Waals surface area contributed by atoms with Crippen molar-refractivity contribution in [2.24, 2.45) is 12.0 Å². The number of aromatic nitrogens is 4. The number of aliphatic imine (C=N–C) groups is 1. The van der Waals surface area contributed by atoms with Crippen LogP contribution in [0.1, 0.15) is 28.7 Å². The van der Waals surface area contributed by atoms with Gasteiger partial charge in [-0.15, -0.1) is 24.0 Å². The third-order valence-corrected chi connectivity index (χ3v) is 3.52. The van der Waals surface area contributed by atoms with E-state index in [1.807, 2.05) is 18.7 Å². The van der Waals surface area contributed by atoms with E-state index in [0.717, 1.165) is 17.3 Å². The zero-order valence-corrected chi connectivity index (χ0v) is 16.5. The number of nitrogens with zero attached hydrogens (tertiary/aromatic N) is 5. The van der Waals surface area contributed by atoms with Crippen LogP contribution in [-0.2, 0) is 20.0 Å². The quantitative estimate of drug-likeness (QED) is 0.419. The Balaban J connectivity index is 0.00000264. The van der Waals surface area contributed by atoms with E-state index in [1.54, 1.807) is 14.0 Å². The number of guanidine groups is 1. The molecule has 2 rings (SSSR count). The Bertz CT molecular complexity index is 662. The van der Waals surface area contributed by atoms with Crippen molar-refractivity contribution in [3.05, 3.63) is 28.7 Å². The standard InChI is InChI=1S/C14H23N7O.HI/c1-9-12(10(2)21(5)19-9)8-17-14(15-4)16-7-6-13-18-11(3)20-22-13;/h6-8H2,1-5H3,(H2,15,16,17);1H. The summed E-state index contributed by atoms with van der Waals surface area (Å²) in [4.78, 5) is 8.37. The number of hydrogen-bond acceptors (Lipinski definition) is 5. The molecule has 23 heavy (non-hydrogen) atoms. The third kappa shape index (κ3) is 5.19. The van der Waals surface area contributed by atoms with Gasteiger partial charge >= 0.3 is 0 Å². The summed E-state index contributed by atoms with van der Waals surface area (Å²) < 4.78 is 6.96. The molecule has 0 bridgehead atoms. The summed E-state index contributed by atoms with van der Waals surface area (Å²) in [7, 11) is 3.69. The zero-order chi connectivity index (χ0) is 16.1. The molecule has 0 saturated heterocycles. The van der Waals surface area contributed by atoms with Gasteiger partial charge in [0.2, 0.25) is 5.89 Å². The number of halogens is 1. The van der Waals surface area contributed by atoms with Gasteiger partial charge in [0.15, 0.2) is 11.8 Å². The van der Waals surface area contributed by atoms with E-state index >= 15 is 0 Å². The van der Waals surface area contributed by atoms with Crippen molar-refractivity contribution in [1.82, 2.24) is 30.6 Å². The summed E-state index contributed by atoms with van der Waals surface area (Å²) in [5, 5.41) is 14.7. The first kappa shape index (κ1) is 19.4. The van der Waals surface area contributed by atoms with Crippen LogP contribution in [0.5, 0.6) is 0 Å². The number of rotatable bonds is 5. The van der Waals surface area contributed by atoms with E-state index in [0.29, 0.717) is 31.2 Å². The fraction of sp³-hybridized carbons (Fsp3) is 0.571. The molecular weight excluding hydrogens is 409 g/mol. The summed E-state index contributed by atoms with van der Waals surface area (Å²) >= 11 is 0. The highest BCUT2D eigenvalue weighted by Crippen LogP contribution is 2.10. The van der Waals surface area contributed by atoms with Crippen LogP contribution >= 0.6 is 24.0 Å². The molecule has 8 nitrogen and oxygen atoms in total. The molecule has 2 N–H and O–H groups in total. The molecule has 0 unspecified atom stereocenters. The molecule has 0 radical (unpaired) electrons. The molecule has 0 aliphatic rings. The molecule has 2 aromatic rings. The topological polar surface area (TPSA) is 93.2 Å². The van der Waals surface area contributed by atoms with Crippen molar-refractivity contribution in [2.75, 3.05) is 13.6 Å². The molecule has 0 aliphatic heterocycles. The van der Waals surface area contributed by atoms with E-state index in [1.165, 1.54) is 5.56 Å². The lowest BCUT2D eigenvalue weighted by Gasteiger charge is -2.11. The van der Waals surface area contributed by atoms with E-state index < -0.39 is 0 Å². The SMILES string of the molecule is CN=C(NCCc1nc(C)no1)NCc1c(C)nn(C)c1C.I. The Morgan fingerprint density at radius 1 is 1.26 bits per heavy atom. The molecule has 0 saturated carbocycles. The minimum Gasteiger partial charge on any atom is -0.356 e. The third-order valence-electron chi connectivity index (χ3n) is 3.52. The maximum Gasteiger partial charge on any atom is 0.228 e. The van der Waals surface area contributed by atoms with E-state index in [-0.39, 0.29) is 24.0 Å². The van der Waals surface area contributed by atoms with Gasteiger partial charge in [-0.25, -0.2) is 0 Å². The van der Waals surface area contributed by atoms with Gasteiger partial charge in [0.1, 0.15) is 0 Å². The van der Waals surface area contributed by atoms with Crippen LogP contribution in [0.3, 0.4) is 0 Å². The fourth-order valence-corrected chi connectivity index (χ4v) is 2.20. The predicted molar refractivity (Wildman–Crippen MR) is 99.0 cm³/mol. The minimum atomic E-state index is 0. The molecular formula is C14H24IN7O. The maximum absolute atomic E-state index is 5.07. The van der Waals surface area contributed by atoms with Gasteiger partial charge < -0.3 is 15.2 Å². The second kappa shape index (κ2) is 8.85. The van der Waals surface area contributed by atoms with Crippen molar-refractivity contribution in [3.8, 4) is 0 Å². The molecule has 0 aliphatic carbocycles. The largest absolute Gasteiger partial charge is 0.356 e. The molecule has 0 amide bonds. The van der Waals surface area contributed by atoms with Crippen LogP contribution in [-0.4, -0.2) is 39.5 Å². The fourth-order valence-electron chi connectivity index (χ4n) is 2.20. The van der Waals surface area contributed by atoms with Gasteiger partial charge in [-0.2, -0.15) is 10.1 Å². The van der Waals surface area contributed by atoms with Crippen LogP contribution in [0.15, 0.2) is 9.52 Å². The Morgan fingerprint density at radius 2 is 2.00 bits per heavy atom. The minimum absolute atomic E-state index is 0. The van der Waals surface area contributed by atoms with Crippen LogP contribution in [0.4, 0.5) is 0 Å². The lowest BCUT2D eigenvalue weighted by atomic mass is 10.2. The molecule has 128 valence electrons. The highest BCUT2D eigenvalue weighted by Gasteiger charge is 2.10. The van der Waals surface area contributed by atoms with E-state index in [4.69, 9.17) is 4.52 Å². The molecule has 0 spiro atoms. The number of nitrogens with one attached hydrogen (secondary N) is 2. The summed E-state index contributed by atoms with van der Waals surface area (Å²) in [6.07, 6.45) is 0.659. The second-order valence-corrected chi connectivity index (χ2v) is 5.11. The van der Waals surface area contributed by atoms with Crippen molar-refractivity contribution in [3.63, 3.8) is 0 Å². The van der Waals surface area contributed by atoms with Gasteiger partial charge in [0.05, 0.1) is 5.69 Å². The smallest absolute Gasteiger partial charge is 0.228 e. The predicted octanol–water partition coefficient (Wildman–Crippen LogP) is 1.25. The van der Waals surface area contributed by atoms with Crippen LogP contribution in [0.2, 0.25) is 0 Å². The normalized spacial score (nSPS) is 11.3. The summed E-state index contributed by atoms with van der Waals surface area (Å²) in [5.74, 6) is 2.01. The van der Waals surface area contributed by atoms with Gasteiger partial charge in [-0.05, 0) is 20.8 Å². The Labute approximate surface area is 153 Å². The van der Waals surface area contributed by atoms with Crippen LogP contribution < -0.4 is 10.6 Å². The zero-order valence-electron chi connectivity index (χ0n) is 14.2. The number of hydrogen-bond donors (Lipinski definition) is 2. The van der Waals surface area contributed by atoms with Crippen molar-refractivity contribution < 1.29 is 4.52 Å². The lowest BCUT2D eigenvalue weighted by molar-refractivity contribution is 0.374. The highest BCUT2D eigenvalue weighted by molar-refractivity contribution is 14.0. The monoisotopic (exact) mass is 433 g/mol. The summed E-state index contributed by atoms with van der Waals surface area (Å²) in [6.45, 7) is 7.24. The van der Waals surface area contributed by atoms with Gasteiger partial charge in [-0.1, -0.05) is 5.16 Å². The van der Waals surface area contributed by atoms with Crippen molar-refractivity contribution in [1.29, 1.82) is 0 Å². The lowest BCUT2D eigenvalue weighted by Crippen LogP contribution is -2.38. The average molecular weight is 433 g/mol. The highest BCUT2D eigenvalue weighted by atomic mass is 127. The molecule has 0 fully saturated rings. The first-order chi connectivity index (χ1) is 10.5. The molecule has 9 heteroatoms. The van der Waals surface area contributed by atoms with Crippen molar-refractivity contribution >= 4 is 29.9 Å². The second-order valence-electron chi connectivity index (χ2n) is 5.11. The van der Waals surface area contributed by atoms with Crippen LogP contribution in [0, 0.1) is 20.8 Å². The van der Waals surface area contributed by atoms with E-state index in [9.17, 15) is 0 Å². The molecule has 0 aromatic carbocycles. The van der Waals surface area contributed by atoms with Crippen LogP contribution in [0.25, 0.3) is 0 Å². The Kier molecular flexibility index (Phi) is 7.46. The first-order valence-corrected chi connectivity index (χ1v) is 7.24. The summed E-state index contributed by atoms with van der Waals surface area (Å²) in [6, 6.07) is 0. The number of aryl methyl sites for hydroxylation is 3. The maximum atomic E-state index is 5.07. The van der Waals surface area contributed by atoms with E-state index in [2.05, 4.69) is 37.8 Å². The molecule has 2 heterocycles. The molecule has 2 aromatic heterocycles. The van der Waals surface area contributed by atoms with Gasteiger partial charge in [0, 0.05) is 44.9 Å². The van der Waals surface area contributed by atoms with Gasteiger partial charge in [0.25, 0.3) is 0 Å². The average Bonchev–Trinajstić information content (AvgIpc) is 2.99. The Morgan fingerprint density at radius 3 is 2.52 bits per heavy atom. The Hall–Kier alpha value is -1.65.